The van der Waals surface area contributed by atoms with Gasteiger partial charge >= 0.3 is 0 Å². The Balaban J connectivity index is 2.25. The Morgan fingerprint density at radius 1 is 1.26 bits per heavy atom. The van der Waals surface area contributed by atoms with Gasteiger partial charge in [-0.25, -0.2) is 0 Å². The smallest absolute Gasteiger partial charge is 0.270 e. The molecular formula is C16H16ClN3O3. The number of nitro benzene ring substituents is 1. The summed E-state index contributed by atoms with van der Waals surface area (Å²) in [5.74, 6) is -0.391. The summed E-state index contributed by atoms with van der Waals surface area (Å²) in [6.45, 7) is 0.244. The number of carbonyl (C=O) groups is 1. The Kier molecular flexibility index (Phi) is 5.18. The van der Waals surface area contributed by atoms with Crippen molar-refractivity contribution in [1.29, 1.82) is 0 Å². The zero-order valence-corrected chi connectivity index (χ0v) is 13.5. The third-order valence-corrected chi connectivity index (χ3v) is 3.68. The summed E-state index contributed by atoms with van der Waals surface area (Å²) in [6.07, 6.45) is 0. The van der Waals surface area contributed by atoms with E-state index in [1.54, 1.807) is 37.2 Å². The second-order valence-corrected chi connectivity index (χ2v) is 5.53. The van der Waals surface area contributed by atoms with E-state index in [9.17, 15) is 14.9 Å². The Labute approximate surface area is 138 Å². The number of nitro groups is 1. The maximum absolute atomic E-state index is 12.4. The van der Waals surface area contributed by atoms with Crippen LogP contribution in [0.5, 0.6) is 0 Å². The highest BCUT2D eigenvalue weighted by Gasteiger charge is 2.18. The predicted octanol–water partition coefficient (Wildman–Crippen LogP) is 3.24. The van der Waals surface area contributed by atoms with Gasteiger partial charge in [-0.15, -0.1) is 0 Å². The fourth-order valence-electron chi connectivity index (χ4n) is 2.12. The Hall–Kier alpha value is -2.60. The van der Waals surface area contributed by atoms with Gasteiger partial charge < -0.3 is 10.2 Å². The molecule has 0 aromatic heterocycles. The number of non-ortho nitro benzene ring substituents is 1. The molecule has 1 N–H and O–H groups in total. The van der Waals surface area contributed by atoms with E-state index < -0.39 is 10.8 Å². The van der Waals surface area contributed by atoms with E-state index in [1.807, 2.05) is 12.1 Å². The minimum atomic E-state index is -0.524. The first kappa shape index (κ1) is 16.8. The van der Waals surface area contributed by atoms with Crippen LogP contribution < -0.4 is 10.2 Å². The largest absolute Gasteiger partial charge is 0.377 e. The molecule has 0 atom stereocenters. The number of hydrogen-bond acceptors (Lipinski definition) is 4. The van der Waals surface area contributed by atoms with E-state index in [0.29, 0.717) is 10.7 Å². The van der Waals surface area contributed by atoms with Crippen molar-refractivity contribution in [1.82, 2.24) is 5.32 Å². The number of anilines is 1. The highest BCUT2D eigenvalue weighted by atomic mass is 35.5. The van der Waals surface area contributed by atoms with Crippen molar-refractivity contribution in [3.63, 3.8) is 0 Å². The molecule has 0 aliphatic heterocycles. The van der Waals surface area contributed by atoms with Gasteiger partial charge in [0, 0.05) is 43.5 Å². The molecule has 0 fully saturated rings. The lowest BCUT2D eigenvalue weighted by molar-refractivity contribution is -0.384. The molecule has 2 aromatic carbocycles. The van der Waals surface area contributed by atoms with Gasteiger partial charge in [0.1, 0.15) is 0 Å². The molecule has 0 heterocycles. The van der Waals surface area contributed by atoms with Crippen LogP contribution in [0.2, 0.25) is 5.02 Å². The molecule has 6 nitrogen and oxygen atoms in total. The minimum Gasteiger partial charge on any atom is -0.377 e. The number of amides is 1. The molecule has 0 bridgehead atoms. The van der Waals surface area contributed by atoms with Crippen LogP contribution in [0.25, 0.3) is 0 Å². The Bertz CT molecular complexity index is 747. The molecule has 2 rings (SSSR count). The van der Waals surface area contributed by atoms with Gasteiger partial charge in [0.15, 0.2) is 0 Å². The number of nitrogens with one attached hydrogen (secondary N) is 1. The Morgan fingerprint density at radius 2 is 1.96 bits per heavy atom. The number of carbonyl (C=O) groups excluding carboxylic acids is 1. The third kappa shape index (κ3) is 3.98. The zero-order chi connectivity index (χ0) is 17.0. The topological polar surface area (TPSA) is 75.5 Å². The van der Waals surface area contributed by atoms with Crippen LogP contribution in [-0.2, 0) is 6.54 Å². The molecule has 0 aliphatic carbocycles. The van der Waals surface area contributed by atoms with Crippen molar-refractivity contribution in [2.75, 3.05) is 19.0 Å². The van der Waals surface area contributed by atoms with Gasteiger partial charge in [0.2, 0.25) is 0 Å². The summed E-state index contributed by atoms with van der Waals surface area (Å²) in [5, 5.41) is 14.2. The number of rotatable bonds is 5. The van der Waals surface area contributed by atoms with Crippen molar-refractivity contribution >= 4 is 28.9 Å². The first-order valence-electron chi connectivity index (χ1n) is 6.87. The summed E-state index contributed by atoms with van der Waals surface area (Å²) in [4.78, 5) is 24.6. The molecule has 7 heteroatoms. The minimum absolute atomic E-state index is 0.126. The summed E-state index contributed by atoms with van der Waals surface area (Å²) < 4.78 is 0. The molecule has 0 unspecified atom stereocenters. The third-order valence-electron chi connectivity index (χ3n) is 3.31. The quantitative estimate of drug-likeness (QED) is 0.673. The predicted molar refractivity (Wildman–Crippen MR) is 90.0 cm³/mol. The summed E-state index contributed by atoms with van der Waals surface area (Å²) in [5.41, 5.74) is 1.50. The van der Waals surface area contributed by atoms with Crippen molar-refractivity contribution in [2.45, 2.75) is 6.54 Å². The van der Waals surface area contributed by atoms with E-state index in [-0.39, 0.29) is 17.8 Å². The highest BCUT2D eigenvalue weighted by Crippen LogP contribution is 2.24. The summed E-state index contributed by atoms with van der Waals surface area (Å²) in [6, 6.07) is 11.4. The zero-order valence-electron chi connectivity index (χ0n) is 12.7. The van der Waals surface area contributed by atoms with Gasteiger partial charge in [0.05, 0.1) is 10.5 Å². The number of halogens is 1. The van der Waals surface area contributed by atoms with E-state index in [2.05, 4.69) is 5.32 Å². The van der Waals surface area contributed by atoms with E-state index in [4.69, 9.17) is 11.6 Å². The van der Waals surface area contributed by atoms with Crippen LogP contribution in [0.4, 0.5) is 11.4 Å². The van der Waals surface area contributed by atoms with E-state index in [1.165, 1.54) is 12.1 Å². The maximum atomic E-state index is 12.4. The second-order valence-electron chi connectivity index (χ2n) is 5.13. The van der Waals surface area contributed by atoms with E-state index >= 15 is 0 Å². The van der Waals surface area contributed by atoms with Crippen LogP contribution in [-0.4, -0.2) is 24.9 Å². The first-order valence-corrected chi connectivity index (χ1v) is 7.25. The lowest BCUT2D eigenvalue weighted by atomic mass is 10.1. The monoisotopic (exact) mass is 333 g/mol. The molecule has 1 amide bonds. The van der Waals surface area contributed by atoms with Crippen LogP contribution in [0.15, 0.2) is 42.5 Å². The number of nitrogens with zero attached hydrogens (tertiary/aromatic N) is 2. The molecule has 0 saturated carbocycles. The van der Waals surface area contributed by atoms with Crippen LogP contribution >= 0.6 is 11.6 Å². The normalized spacial score (nSPS) is 10.2. The Morgan fingerprint density at radius 3 is 2.57 bits per heavy atom. The fourth-order valence-corrected chi connectivity index (χ4v) is 2.32. The number of benzene rings is 2. The van der Waals surface area contributed by atoms with Gasteiger partial charge in [-0.3, -0.25) is 14.9 Å². The standard InChI is InChI=1S/C16H16ClN3O3/c1-19(2)15-8-7-12(20(22)23)9-13(15)16(21)18-10-11-5-3-4-6-14(11)17/h3-9H,10H2,1-2H3,(H,18,21). The summed E-state index contributed by atoms with van der Waals surface area (Å²) >= 11 is 6.05. The molecule has 120 valence electrons. The molecule has 0 aliphatic rings. The van der Waals surface area contributed by atoms with Crippen molar-refractivity contribution < 1.29 is 9.72 Å². The lowest BCUT2D eigenvalue weighted by Gasteiger charge is -2.17. The maximum Gasteiger partial charge on any atom is 0.270 e. The van der Waals surface area contributed by atoms with Crippen molar-refractivity contribution in [3.05, 3.63) is 68.7 Å². The second kappa shape index (κ2) is 7.11. The van der Waals surface area contributed by atoms with Gasteiger partial charge in [-0.2, -0.15) is 0 Å². The molecule has 0 saturated heterocycles. The van der Waals surface area contributed by atoms with Gasteiger partial charge in [0.25, 0.3) is 11.6 Å². The highest BCUT2D eigenvalue weighted by molar-refractivity contribution is 6.31. The lowest BCUT2D eigenvalue weighted by Crippen LogP contribution is -2.25. The summed E-state index contributed by atoms with van der Waals surface area (Å²) in [7, 11) is 3.54. The first-order chi connectivity index (χ1) is 10.9. The van der Waals surface area contributed by atoms with Crippen LogP contribution in [0.3, 0.4) is 0 Å². The number of hydrogen-bond donors (Lipinski definition) is 1. The molecule has 0 spiro atoms. The molecule has 23 heavy (non-hydrogen) atoms. The van der Waals surface area contributed by atoms with Crippen molar-refractivity contribution in [3.8, 4) is 0 Å². The fraction of sp³-hybridized carbons (Fsp3) is 0.188. The van der Waals surface area contributed by atoms with E-state index in [0.717, 1.165) is 5.56 Å². The average Bonchev–Trinajstić information content (AvgIpc) is 2.53. The molecule has 0 radical (unpaired) electrons. The van der Waals surface area contributed by atoms with Crippen LogP contribution in [0, 0.1) is 10.1 Å². The van der Waals surface area contributed by atoms with Gasteiger partial charge in [-0.05, 0) is 17.7 Å². The average molecular weight is 334 g/mol. The van der Waals surface area contributed by atoms with Gasteiger partial charge in [-0.1, -0.05) is 29.8 Å². The molecular weight excluding hydrogens is 318 g/mol. The molecule has 2 aromatic rings. The van der Waals surface area contributed by atoms with Crippen LogP contribution in [0.1, 0.15) is 15.9 Å². The SMILES string of the molecule is CN(C)c1ccc([N+](=O)[O-])cc1C(=O)NCc1ccccc1Cl. The van der Waals surface area contributed by atoms with Crippen molar-refractivity contribution in [2.24, 2.45) is 0 Å².